The second-order valence-electron chi connectivity index (χ2n) is 7.62. The van der Waals surface area contributed by atoms with E-state index >= 15 is 0 Å². The molecule has 1 atom stereocenters. The Morgan fingerprint density at radius 1 is 1.03 bits per heavy atom. The van der Waals surface area contributed by atoms with Gasteiger partial charge in [0.15, 0.2) is 11.5 Å². The molecule has 0 amide bonds. The van der Waals surface area contributed by atoms with Gasteiger partial charge in [-0.3, -0.25) is 0 Å². The van der Waals surface area contributed by atoms with E-state index in [0.717, 1.165) is 61.7 Å². The number of ether oxygens (including phenoxy) is 1. The molecule has 1 unspecified atom stereocenters. The number of alkyl halides is 2. The third kappa shape index (κ3) is 3.94. The van der Waals surface area contributed by atoms with Crippen LogP contribution in [0.4, 0.5) is 20.3 Å². The molecule has 3 aromatic rings. The lowest BCUT2D eigenvalue weighted by Gasteiger charge is -2.35. The van der Waals surface area contributed by atoms with Crippen LogP contribution < -0.4 is 15.0 Å². The predicted octanol–water partition coefficient (Wildman–Crippen LogP) is 3.68. The average Bonchev–Trinajstić information content (AvgIpc) is 3.48. The largest absolute Gasteiger partial charge is 0.435 e. The summed E-state index contributed by atoms with van der Waals surface area (Å²) in [6, 6.07) is 10.9. The highest BCUT2D eigenvalue weighted by atomic mass is 19.3. The lowest BCUT2D eigenvalue weighted by molar-refractivity contribution is -0.0498. The van der Waals surface area contributed by atoms with Gasteiger partial charge in [-0.2, -0.15) is 13.3 Å². The Morgan fingerprint density at radius 3 is 2.62 bits per heavy atom. The third-order valence-electron chi connectivity index (χ3n) is 5.43. The van der Waals surface area contributed by atoms with Crippen molar-refractivity contribution in [2.75, 3.05) is 23.3 Å². The van der Waals surface area contributed by atoms with E-state index in [1.807, 2.05) is 28.8 Å². The fourth-order valence-corrected chi connectivity index (χ4v) is 3.86. The maximum atomic E-state index is 12.3. The van der Waals surface area contributed by atoms with Gasteiger partial charge in [-0.05, 0) is 62.1 Å². The first kappa shape index (κ1) is 18.1. The average molecular weight is 400 g/mol. The van der Waals surface area contributed by atoms with Crippen LogP contribution >= 0.6 is 0 Å². The van der Waals surface area contributed by atoms with Gasteiger partial charge in [0.25, 0.3) is 0 Å². The number of benzene rings is 1. The maximum absolute atomic E-state index is 12.3. The molecule has 1 saturated carbocycles. The summed E-state index contributed by atoms with van der Waals surface area (Å²) in [6.45, 7) is -1.07. The van der Waals surface area contributed by atoms with Gasteiger partial charge in [0.05, 0.1) is 0 Å². The molecule has 0 spiro atoms. The number of fused-ring (bicyclic) bond motifs is 1. The fourth-order valence-electron chi connectivity index (χ4n) is 3.86. The smallest absolute Gasteiger partial charge is 0.387 e. The monoisotopic (exact) mass is 400 g/mol. The molecular formula is C20H22F2N6O. The van der Waals surface area contributed by atoms with Gasteiger partial charge in [0.1, 0.15) is 11.6 Å². The van der Waals surface area contributed by atoms with Crippen LogP contribution in [-0.4, -0.2) is 45.6 Å². The van der Waals surface area contributed by atoms with Crippen LogP contribution in [0.1, 0.15) is 37.4 Å². The SMILES string of the molecule is FC(F)Oc1ccc(N2CCCC(Nc3ccc4nnc(C5CC5)n4n3)C2)cc1. The van der Waals surface area contributed by atoms with Crippen molar-refractivity contribution in [1.29, 1.82) is 0 Å². The van der Waals surface area contributed by atoms with Crippen molar-refractivity contribution < 1.29 is 13.5 Å². The summed E-state index contributed by atoms with van der Waals surface area (Å²) in [7, 11) is 0. The Bertz CT molecular complexity index is 988. The third-order valence-corrected chi connectivity index (χ3v) is 5.43. The number of aromatic nitrogens is 4. The Labute approximate surface area is 166 Å². The Balaban J connectivity index is 1.27. The van der Waals surface area contributed by atoms with Crippen LogP contribution in [0, 0.1) is 0 Å². The summed E-state index contributed by atoms with van der Waals surface area (Å²) in [6.07, 6.45) is 4.38. The summed E-state index contributed by atoms with van der Waals surface area (Å²) >= 11 is 0. The number of anilines is 2. The topological polar surface area (TPSA) is 67.6 Å². The summed E-state index contributed by atoms with van der Waals surface area (Å²) in [5, 5.41) is 16.7. The normalized spacial score (nSPS) is 19.7. The number of hydrogen-bond donors (Lipinski definition) is 1. The molecule has 1 aliphatic heterocycles. The molecular weight excluding hydrogens is 378 g/mol. The van der Waals surface area contributed by atoms with Gasteiger partial charge in [0.2, 0.25) is 0 Å². The van der Waals surface area contributed by atoms with E-state index in [-0.39, 0.29) is 11.8 Å². The van der Waals surface area contributed by atoms with Crippen LogP contribution in [0.25, 0.3) is 5.65 Å². The van der Waals surface area contributed by atoms with Crippen LogP contribution in [0.3, 0.4) is 0 Å². The summed E-state index contributed by atoms with van der Waals surface area (Å²) in [4.78, 5) is 2.25. The lowest BCUT2D eigenvalue weighted by atomic mass is 10.0. The predicted molar refractivity (Wildman–Crippen MR) is 105 cm³/mol. The minimum absolute atomic E-state index is 0.174. The molecule has 7 nitrogen and oxygen atoms in total. The molecule has 1 saturated heterocycles. The van der Waals surface area contributed by atoms with Gasteiger partial charge in [-0.25, -0.2) is 0 Å². The van der Waals surface area contributed by atoms with E-state index in [9.17, 15) is 8.78 Å². The van der Waals surface area contributed by atoms with Crippen molar-refractivity contribution in [3.05, 3.63) is 42.2 Å². The van der Waals surface area contributed by atoms with Crippen molar-refractivity contribution in [3.63, 3.8) is 0 Å². The lowest BCUT2D eigenvalue weighted by Crippen LogP contribution is -2.42. The van der Waals surface area contributed by atoms with Crippen molar-refractivity contribution in [1.82, 2.24) is 19.8 Å². The zero-order chi connectivity index (χ0) is 19.8. The highest BCUT2D eigenvalue weighted by Crippen LogP contribution is 2.38. The molecule has 152 valence electrons. The first-order valence-electron chi connectivity index (χ1n) is 9.94. The molecule has 0 radical (unpaired) electrons. The molecule has 1 N–H and O–H groups in total. The van der Waals surface area contributed by atoms with E-state index in [0.29, 0.717) is 5.92 Å². The van der Waals surface area contributed by atoms with Gasteiger partial charge in [-0.1, -0.05) is 0 Å². The Hall–Kier alpha value is -2.97. The van der Waals surface area contributed by atoms with Crippen molar-refractivity contribution in [2.45, 2.75) is 44.3 Å². The highest BCUT2D eigenvalue weighted by molar-refractivity contribution is 5.51. The number of piperidine rings is 1. The first-order chi connectivity index (χ1) is 14.2. The van der Waals surface area contributed by atoms with Crippen molar-refractivity contribution >= 4 is 17.2 Å². The zero-order valence-electron chi connectivity index (χ0n) is 15.8. The molecule has 29 heavy (non-hydrogen) atoms. The van der Waals surface area contributed by atoms with Gasteiger partial charge >= 0.3 is 6.61 Å². The number of hydrogen-bond acceptors (Lipinski definition) is 6. The molecule has 1 aromatic carbocycles. The van der Waals surface area contributed by atoms with Gasteiger partial charge < -0.3 is 15.0 Å². The Morgan fingerprint density at radius 2 is 1.86 bits per heavy atom. The van der Waals surface area contributed by atoms with Crippen LogP contribution in [0.5, 0.6) is 5.75 Å². The summed E-state index contributed by atoms with van der Waals surface area (Å²) in [5.74, 6) is 2.41. The maximum Gasteiger partial charge on any atom is 0.387 e. The fraction of sp³-hybridized carbons (Fsp3) is 0.450. The second kappa shape index (κ2) is 7.46. The van der Waals surface area contributed by atoms with Crippen LogP contribution in [0.15, 0.2) is 36.4 Å². The minimum atomic E-state index is -2.81. The van der Waals surface area contributed by atoms with Crippen molar-refractivity contribution in [3.8, 4) is 5.75 Å². The van der Waals surface area contributed by atoms with E-state index < -0.39 is 6.61 Å². The first-order valence-corrected chi connectivity index (χ1v) is 9.94. The molecule has 0 bridgehead atoms. The van der Waals surface area contributed by atoms with E-state index in [1.165, 1.54) is 0 Å². The van der Waals surface area contributed by atoms with Crippen LogP contribution in [-0.2, 0) is 0 Å². The zero-order valence-corrected chi connectivity index (χ0v) is 15.8. The van der Waals surface area contributed by atoms with E-state index in [4.69, 9.17) is 5.10 Å². The Kier molecular flexibility index (Phi) is 4.65. The van der Waals surface area contributed by atoms with Crippen molar-refractivity contribution in [2.24, 2.45) is 0 Å². The van der Waals surface area contributed by atoms with E-state index in [1.54, 1.807) is 12.1 Å². The second-order valence-corrected chi connectivity index (χ2v) is 7.62. The minimum Gasteiger partial charge on any atom is -0.435 e. The molecule has 2 fully saturated rings. The molecule has 3 heterocycles. The number of rotatable bonds is 6. The molecule has 5 rings (SSSR count). The number of nitrogens with zero attached hydrogens (tertiary/aromatic N) is 5. The molecule has 9 heteroatoms. The molecule has 2 aliphatic rings. The van der Waals surface area contributed by atoms with E-state index in [2.05, 4.69) is 25.2 Å². The van der Waals surface area contributed by atoms with Gasteiger partial charge in [-0.15, -0.1) is 15.3 Å². The highest BCUT2D eigenvalue weighted by Gasteiger charge is 2.29. The van der Waals surface area contributed by atoms with Gasteiger partial charge in [0, 0.05) is 30.7 Å². The number of halogens is 2. The van der Waals surface area contributed by atoms with Crippen LogP contribution in [0.2, 0.25) is 0 Å². The number of nitrogens with one attached hydrogen (secondary N) is 1. The summed E-state index contributed by atoms with van der Waals surface area (Å²) < 4.78 is 30.9. The molecule has 2 aromatic heterocycles. The molecule has 1 aliphatic carbocycles. The summed E-state index contributed by atoms with van der Waals surface area (Å²) in [5.41, 5.74) is 1.77. The standard InChI is InChI=1S/C20H22F2N6O/c21-20(22)29-16-7-5-15(6-8-16)27-11-1-2-14(12-27)23-17-9-10-18-24-25-19(13-3-4-13)28(18)26-17/h5-10,13-14,20H,1-4,11-12H2,(H,23,26). The quantitative estimate of drug-likeness (QED) is 0.681.